The number of fused-ring (bicyclic) bond motifs is 1. The van der Waals surface area contributed by atoms with Crippen LogP contribution in [-0.2, 0) is 19.4 Å². The van der Waals surface area contributed by atoms with Gasteiger partial charge in [-0.15, -0.1) is 11.3 Å². The topological polar surface area (TPSA) is 59.9 Å². The molecule has 200 valence electrons. The molecule has 3 aromatic carbocycles. The van der Waals surface area contributed by atoms with E-state index in [1.165, 1.54) is 4.88 Å². The molecule has 0 atom stereocenters. The van der Waals surface area contributed by atoms with Gasteiger partial charge < -0.3 is 14.8 Å². The number of ether oxygens (including phenoxy) is 2. The van der Waals surface area contributed by atoms with Gasteiger partial charge in [0.15, 0.2) is 11.5 Å². The molecule has 1 aromatic heterocycles. The summed E-state index contributed by atoms with van der Waals surface area (Å²) in [5, 5.41) is 4.67. The van der Waals surface area contributed by atoms with Gasteiger partial charge in [0.05, 0.1) is 22.7 Å². The van der Waals surface area contributed by atoms with Crippen LogP contribution in [0.25, 0.3) is 0 Å². The second-order valence-electron chi connectivity index (χ2n) is 9.03. The lowest BCUT2D eigenvalue weighted by atomic mass is 9.95. The largest absolute Gasteiger partial charge is 0.493 e. The molecule has 0 aliphatic heterocycles. The number of carbonyl (C=O) groups excluding carboxylic acids is 1. The molecule has 0 fully saturated rings. The van der Waals surface area contributed by atoms with E-state index in [2.05, 4.69) is 21.2 Å². The molecule has 5 nitrogen and oxygen atoms in total. The Bertz CT molecular complexity index is 1540. The summed E-state index contributed by atoms with van der Waals surface area (Å²) in [6.07, 6.45) is 5.75. The highest BCUT2D eigenvalue weighted by Gasteiger charge is 2.25. The molecule has 39 heavy (non-hydrogen) atoms. The van der Waals surface area contributed by atoms with Crippen LogP contribution in [0, 0.1) is 0 Å². The van der Waals surface area contributed by atoms with Gasteiger partial charge in [0.1, 0.15) is 11.6 Å². The summed E-state index contributed by atoms with van der Waals surface area (Å²) in [6.45, 7) is 0.258. The van der Waals surface area contributed by atoms with Gasteiger partial charge in [-0.25, -0.2) is 4.99 Å². The highest BCUT2D eigenvalue weighted by Crippen LogP contribution is 2.41. The first-order chi connectivity index (χ1) is 18.9. The van der Waals surface area contributed by atoms with Crippen LogP contribution in [-0.4, -0.2) is 19.2 Å². The first-order valence-corrected chi connectivity index (χ1v) is 14.8. The Morgan fingerprint density at radius 1 is 1.08 bits per heavy atom. The first-order valence-electron chi connectivity index (χ1n) is 12.4. The standard InChI is InChI=1S/C30H25BrCl2N2O3S/c1-37-25-15-20(31)14-19(28(25)38-17-18-11-12-23(32)24(33)13-18)16-34-30-27(22-9-5-6-10-26(22)39-30)29(36)35-21-7-3-2-4-8-21/h2-4,7-8,11-16H,5-6,9-10,17H2,1H3,(H,35,36). The number of benzene rings is 3. The third-order valence-electron chi connectivity index (χ3n) is 6.37. The molecular formula is C30H25BrCl2N2O3S. The number of methoxy groups -OCH3 is 1. The van der Waals surface area contributed by atoms with E-state index < -0.39 is 0 Å². The SMILES string of the molecule is COc1cc(Br)cc(C=Nc2sc3c(c2C(=O)Nc2ccccc2)CCCC3)c1OCc1ccc(Cl)c(Cl)c1. The molecule has 0 bridgehead atoms. The van der Waals surface area contributed by atoms with E-state index in [-0.39, 0.29) is 12.5 Å². The van der Waals surface area contributed by atoms with Crippen LogP contribution in [0.15, 0.2) is 70.1 Å². The van der Waals surface area contributed by atoms with E-state index in [4.69, 9.17) is 37.7 Å². The highest BCUT2D eigenvalue weighted by atomic mass is 79.9. The van der Waals surface area contributed by atoms with E-state index >= 15 is 0 Å². The molecule has 1 amide bonds. The molecule has 1 N–H and O–H groups in total. The number of rotatable bonds is 8. The van der Waals surface area contributed by atoms with Crippen molar-refractivity contribution in [3.05, 3.63) is 102 Å². The van der Waals surface area contributed by atoms with Gasteiger partial charge >= 0.3 is 0 Å². The Kier molecular flexibility index (Phi) is 8.92. The van der Waals surface area contributed by atoms with Crippen molar-refractivity contribution < 1.29 is 14.3 Å². The average Bonchev–Trinajstić information content (AvgIpc) is 3.32. The zero-order valence-electron chi connectivity index (χ0n) is 21.1. The predicted octanol–water partition coefficient (Wildman–Crippen LogP) is 9.29. The molecule has 9 heteroatoms. The fourth-order valence-electron chi connectivity index (χ4n) is 4.50. The van der Waals surface area contributed by atoms with Crippen molar-refractivity contribution in [2.75, 3.05) is 12.4 Å². The van der Waals surface area contributed by atoms with Crippen molar-refractivity contribution in [3.63, 3.8) is 0 Å². The lowest BCUT2D eigenvalue weighted by molar-refractivity contribution is 0.102. The predicted molar refractivity (Wildman–Crippen MR) is 164 cm³/mol. The third-order valence-corrected chi connectivity index (χ3v) is 8.76. The van der Waals surface area contributed by atoms with E-state index in [1.54, 1.807) is 36.8 Å². The van der Waals surface area contributed by atoms with E-state index in [0.717, 1.165) is 47.0 Å². The summed E-state index contributed by atoms with van der Waals surface area (Å²) in [4.78, 5) is 19.5. The fraction of sp³-hybridized carbons (Fsp3) is 0.200. The highest BCUT2D eigenvalue weighted by molar-refractivity contribution is 9.10. The number of halogens is 3. The number of nitrogens with one attached hydrogen (secondary N) is 1. The van der Waals surface area contributed by atoms with Crippen LogP contribution in [0.4, 0.5) is 10.7 Å². The molecule has 4 aromatic rings. The zero-order valence-corrected chi connectivity index (χ0v) is 25.0. The second kappa shape index (κ2) is 12.6. The maximum absolute atomic E-state index is 13.5. The summed E-state index contributed by atoms with van der Waals surface area (Å²) in [7, 11) is 1.59. The van der Waals surface area contributed by atoms with Gasteiger partial charge in [-0.1, -0.05) is 63.4 Å². The van der Waals surface area contributed by atoms with Gasteiger partial charge in [0, 0.05) is 26.8 Å². The number of nitrogens with zero attached hydrogens (tertiary/aromatic N) is 1. The molecule has 1 aliphatic rings. The molecule has 0 spiro atoms. The van der Waals surface area contributed by atoms with Crippen molar-refractivity contribution in [2.45, 2.75) is 32.3 Å². The minimum atomic E-state index is -0.143. The smallest absolute Gasteiger partial charge is 0.259 e. The Hall–Kier alpha value is -2.84. The Balaban J connectivity index is 1.48. The average molecular weight is 644 g/mol. The van der Waals surface area contributed by atoms with Crippen LogP contribution >= 0.6 is 50.5 Å². The normalized spacial score (nSPS) is 12.8. The number of aliphatic imine (C=N–C) groups is 1. The Morgan fingerprint density at radius 3 is 2.64 bits per heavy atom. The van der Waals surface area contributed by atoms with Crippen molar-refractivity contribution >= 4 is 73.3 Å². The number of hydrogen-bond acceptors (Lipinski definition) is 5. The Labute approximate surface area is 249 Å². The number of carbonyl (C=O) groups is 1. The molecule has 0 radical (unpaired) electrons. The fourth-order valence-corrected chi connectivity index (χ4v) is 6.50. The van der Waals surface area contributed by atoms with Gasteiger partial charge in [-0.3, -0.25) is 4.79 Å². The summed E-state index contributed by atoms with van der Waals surface area (Å²) in [6, 6.07) is 18.6. The minimum absolute atomic E-state index is 0.143. The van der Waals surface area contributed by atoms with Crippen LogP contribution in [0.3, 0.4) is 0 Å². The van der Waals surface area contributed by atoms with Crippen LogP contribution in [0.5, 0.6) is 11.5 Å². The van der Waals surface area contributed by atoms with Crippen LogP contribution < -0.4 is 14.8 Å². The minimum Gasteiger partial charge on any atom is -0.493 e. The number of anilines is 1. The van der Waals surface area contributed by atoms with Crippen molar-refractivity contribution in [1.29, 1.82) is 0 Å². The Morgan fingerprint density at radius 2 is 1.87 bits per heavy atom. The summed E-state index contributed by atoms with van der Waals surface area (Å²) in [5.41, 5.74) is 4.08. The zero-order chi connectivity index (χ0) is 27.4. The first kappa shape index (κ1) is 27.7. The van der Waals surface area contributed by atoms with Crippen LogP contribution in [0.2, 0.25) is 10.0 Å². The monoisotopic (exact) mass is 642 g/mol. The summed E-state index contributed by atoms with van der Waals surface area (Å²) < 4.78 is 12.6. The van der Waals surface area contributed by atoms with Gasteiger partial charge in [0.25, 0.3) is 5.91 Å². The molecule has 0 saturated heterocycles. The quantitative estimate of drug-likeness (QED) is 0.195. The third kappa shape index (κ3) is 6.49. The molecule has 0 saturated carbocycles. The molecule has 0 unspecified atom stereocenters. The van der Waals surface area contributed by atoms with Crippen molar-refractivity contribution in [1.82, 2.24) is 0 Å². The van der Waals surface area contributed by atoms with E-state index in [0.29, 0.717) is 37.7 Å². The maximum atomic E-state index is 13.5. The lowest BCUT2D eigenvalue weighted by Gasteiger charge is -2.14. The van der Waals surface area contributed by atoms with Crippen molar-refractivity contribution in [3.8, 4) is 11.5 Å². The van der Waals surface area contributed by atoms with E-state index in [1.807, 2.05) is 48.5 Å². The molecule has 5 rings (SSSR count). The summed E-state index contributed by atoms with van der Waals surface area (Å²) >= 11 is 17.4. The summed E-state index contributed by atoms with van der Waals surface area (Å²) in [5.74, 6) is 0.946. The van der Waals surface area contributed by atoms with Gasteiger partial charge in [-0.2, -0.15) is 0 Å². The van der Waals surface area contributed by atoms with Crippen molar-refractivity contribution in [2.24, 2.45) is 4.99 Å². The second-order valence-corrected chi connectivity index (χ2v) is 11.8. The maximum Gasteiger partial charge on any atom is 0.259 e. The van der Waals surface area contributed by atoms with Gasteiger partial charge in [-0.05, 0) is 73.2 Å². The van der Waals surface area contributed by atoms with E-state index in [9.17, 15) is 4.79 Å². The number of amides is 1. The number of hydrogen-bond donors (Lipinski definition) is 1. The molecule has 1 heterocycles. The lowest BCUT2D eigenvalue weighted by Crippen LogP contribution is -2.14. The molecular weight excluding hydrogens is 619 g/mol. The number of para-hydroxylation sites is 1. The number of thiophene rings is 1. The van der Waals surface area contributed by atoms with Gasteiger partial charge in [0.2, 0.25) is 0 Å². The van der Waals surface area contributed by atoms with Crippen LogP contribution in [0.1, 0.15) is 44.8 Å². The number of aryl methyl sites for hydroxylation is 1. The molecule has 1 aliphatic carbocycles.